The monoisotopic (exact) mass is 527 g/mol. The molecule has 0 spiro atoms. The molecule has 1 saturated carbocycles. The molecule has 1 saturated heterocycles. The van der Waals surface area contributed by atoms with E-state index in [0.717, 1.165) is 75.9 Å². The molecule has 2 aliphatic rings. The maximum absolute atomic E-state index is 12.9. The van der Waals surface area contributed by atoms with Gasteiger partial charge in [0.2, 0.25) is 5.91 Å². The Morgan fingerprint density at radius 3 is 2.50 bits per heavy atom. The minimum Gasteiger partial charge on any atom is -0.494 e. The Kier molecular flexibility index (Phi) is 7.85. The highest BCUT2D eigenvalue weighted by Crippen LogP contribution is 2.33. The predicted octanol–water partition coefficient (Wildman–Crippen LogP) is 5.73. The normalized spacial score (nSPS) is 16.8. The van der Waals surface area contributed by atoms with E-state index in [2.05, 4.69) is 9.80 Å². The third-order valence-corrected chi connectivity index (χ3v) is 8.13. The van der Waals surface area contributed by atoms with Crippen LogP contribution in [0, 0.1) is 5.92 Å². The van der Waals surface area contributed by atoms with Crippen LogP contribution in [0.5, 0.6) is 5.75 Å². The zero-order valence-electron chi connectivity index (χ0n) is 20.3. The van der Waals surface area contributed by atoms with Crippen LogP contribution in [0.25, 0.3) is 10.9 Å². The summed E-state index contributed by atoms with van der Waals surface area (Å²) >= 11 is 12.6. The van der Waals surface area contributed by atoms with E-state index in [9.17, 15) is 9.59 Å². The molecule has 2 heterocycles. The maximum Gasteiger partial charge on any atom is 0.257 e. The van der Waals surface area contributed by atoms with Gasteiger partial charge in [-0.25, -0.2) is 4.57 Å². The van der Waals surface area contributed by atoms with Gasteiger partial charge in [0.25, 0.3) is 5.56 Å². The van der Waals surface area contributed by atoms with Gasteiger partial charge in [-0.15, -0.1) is 0 Å². The standard InChI is InChI=1S/C28H31Cl2N3O3/c29-23-7-4-8-24(27(23)30)32-16-14-31(15-17-32)13-1-2-18-36-22-11-9-20-10-12-26(34)33(25(20)19-22)28(35)21-5-3-6-21/h4,7-12,19,21H,1-3,5-6,13-18H2. The van der Waals surface area contributed by atoms with Crippen molar-refractivity contribution >= 4 is 45.7 Å². The number of piperazine rings is 1. The fourth-order valence-electron chi connectivity index (χ4n) is 4.94. The third-order valence-electron chi connectivity index (χ3n) is 7.33. The summed E-state index contributed by atoms with van der Waals surface area (Å²) in [6, 6.07) is 14.7. The highest BCUT2D eigenvalue weighted by atomic mass is 35.5. The second kappa shape index (κ2) is 11.2. The highest BCUT2D eigenvalue weighted by Gasteiger charge is 2.28. The van der Waals surface area contributed by atoms with Gasteiger partial charge in [0.1, 0.15) is 5.75 Å². The van der Waals surface area contributed by atoms with Crippen molar-refractivity contribution < 1.29 is 9.53 Å². The Hall–Kier alpha value is -2.54. The third kappa shape index (κ3) is 5.41. The van der Waals surface area contributed by atoms with Crippen LogP contribution in [0.4, 0.5) is 5.69 Å². The molecule has 6 nitrogen and oxygen atoms in total. The molecule has 1 aliphatic carbocycles. The van der Waals surface area contributed by atoms with Crippen molar-refractivity contribution in [1.82, 2.24) is 9.47 Å². The molecule has 2 aromatic carbocycles. The lowest BCUT2D eigenvalue weighted by atomic mass is 9.84. The topological polar surface area (TPSA) is 54.8 Å². The second-order valence-corrected chi connectivity index (χ2v) is 10.4. The number of carbonyl (C=O) groups is 1. The minimum atomic E-state index is -0.269. The zero-order chi connectivity index (χ0) is 25.1. The number of nitrogens with zero attached hydrogens (tertiary/aromatic N) is 3. The van der Waals surface area contributed by atoms with Crippen LogP contribution < -0.4 is 15.2 Å². The molecule has 190 valence electrons. The van der Waals surface area contributed by atoms with E-state index < -0.39 is 0 Å². The highest BCUT2D eigenvalue weighted by molar-refractivity contribution is 6.43. The Bertz CT molecular complexity index is 1300. The first-order chi connectivity index (χ1) is 17.5. The number of unbranched alkanes of at least 4 members (excludes halogenated alkanes) is 1. The molecule has 1 aromatic heterocycles. The van der Waals surface area contributed by atoms with Crippen molar-refractivity contribution in [1.29, 1.82) is 0 Å². The maximum atomic E-state index is 12.9. The Morgan fingerprint density at radius 2 is 1.75 bits per heavy atom. The van der Waals surface area contributed by atoms with E-state index in [0.29, 0.717) is 27.9 Å². The molecule has 0 radical (unpaired) electrons. The zero-order valence-corrected chi connectivity index (χ0v) is 21.8. The Balaban J connectivity index is 1.10. The number of fused-ring (bicyclic) bond motifs is 1. The van der Waals surface area contributed by atoms with Gasteiger partial charge in [-0.2, -0.15) is 0 Å². The number of aromatic nitrogens is 1. The summed E-state index contributed by atoms with van der Waals surface area (Å²) in [6.45, 7) is 5.44. The van der Waals surface area contributed by atoms with Crippen LogP contribution >= 0.6 is 23.2 Å². The van der Waals surface area contributed by atoms with Crippen LogP contribution in [-0.4, -0.2) is 54.7 Å². The first-order valence-electron chi connectivity index (χ1n) is 12.8. The molecule has 1 aliphatic heterocycles. The van der Waals surface area contributed by atoms with Gasteiger partial charge in [-0.1, -0.05) is 35.7 Å². The molecule has 0 amide bonds. The number of ether oxygens (including phenoxy) is 1. The lowest BCUT2D eigenvalue weighted by Gasteiger charge is -2.36. The van der Waals surface area contributed by atoms with Gasteiger partial charge in [0.05, 0.1) is 27.9 Å². The van der Waals surface area contributed by atoms with E-state index in [1.54, 1.807) is 6.07 Å². The van der Waals surface area contributed by atoms with E-state index in [1.807, 2.05) is 36.4 Å². The summed E-state index contributed by atoms with van der Waals surface area (Å²) in [5, 5.41) is 2.09. The van der Waals surface area contributed by atoms with Crippen molar-refractivity contribution in [3.8, 4) is 5.75 Å². The minimum absolute atomic E-state index is 0.0396. The van der Waals surface area contributed by atoms with Crippen molar-refractivity contribution in [2.75, 3.05) is 44.2 Å². The molecule has 3 aromatic rings. The quantitative estimate of drug-likeness (QED) is 0.350. The first kappa shape index (κ1) is 25.1. The number of rotatable bonds is 8. The Morgan fingerprint density at radius 1 is 0.972 bits per heavy atom. The second-order valence-electron chi connectivity index (χ2n) is 9.65. The number of benzene rings is 2. The van der Waals surface area contributed by atoms with Gasteiger partial charge >= 0.3 is 0 Å². The molecule has 0 bridgehead atoms. The summed E-state index contributed by atoms with van der Waals surface area (Å²) in [7, 11) is 0. The van der Waals surface area contributed by atoms with Gasteiger partial charge in [0.15, 0.2) is 0 Å². The first-order valence-corrected chi connectivity index (χ1v) is 13.5. The number of carbonyl (C=O) groups excluding carboxylic acids is 1. The lowest BCUT2D eigenvalue weighted by molar-refractivity contribution is 0.0766. The van der Waals surface area contributed by atoms with Crippen LogP contribution in [0.3, 0.4) is 0 Å². The summed E-state index contributed by atoms with van der Waals surface area (Å²) < 4.78 is 7.33. The number of hydrogen-bond acceptors (Lipinski definition) is 5. The molecule has 8 heteroatoms. The smallest absolute Gasteiger partial charge is 0.257 e. The van der Waals surface area contributed by atoms with E-state index in [1.165, 1.54) is 10.6 Å². The predicted molar refractivity (Wildman–Crippen MR) is 146 cm³/mol. The molecular formula is C28H31Cl2N3O3. The van der Waals surface area contributed by atoms with E-state index in [-0.39, 0.29) is 17.4 Å². The molecule has 36 heavy (non-hydrogen) atoms. The van der Waals surface area contributed by atoms with Crippen molar-refractivity contribution in [2.24, 2.45) is 5.92 Å². The number of hydrogen-bond donors (Lipinski definition) is 0. The van der Waals surface area contributed by atoms with Gasteiger partial charge < -0.3 is 9.64 Å². The summed E-state index contributed by atoms with van der Waals surface area (Å²) in [4.78, 5) is 30.1. The molecule has 5 rings (SSSR count). The summed E-state index contributed by atoms with van der Waals surface area (Å²) in [5.74, 6) is 0.559. The van der Waals surface area contributed by atoms with Gasteiger partial charge in [-0.3, -0.25) is 14.5 Å². The molecule has 0 unspecified atom stereocenters. The van der Waals surface area contributed by atoms with Crippen molar-refractivity contribution in [3.63, 3.8) is 0 Å². The van der Waals surface area contributed by atoms with Crippen LogP contribution in [-0.2, 0) is 0 Å². The molecule has 0 N–H and O–H groups in total. The fraction of sp³-hybridized carbons (Fsp3) is 0.429. The molecule has 0 atom stereocenters. The van der Waals surface area contributed by atoms with Crippen LogP contribution in [0.2, 0.25) is 10.0 Å². The van der Waals surface area contributed by atoms with Gasteiger partial charge in [0, 0.05) is 44.2 Å². The van der Waals surface area contributed by atoms with E-state index in [4.69, 9.17) is 27.9 Å². The van der Waals surface area contributed by atoms with Crippen LogP contribution in [0.1, 0.15) is 36.9 Å². The molecular weight excluding hydrogens is 497 g/mol. The van der Waals surface area contributed by atoms with Crippen molar-refractivity contribution in [2.45, 2.75) is 32.1 Å². The number of anilines is 1. The largest absolute Gasteiger partial charge is 0.494 e. The number of halogens is 2. The number of pyridine rings is 1. The lowest BCUT2D eigenvalue weighted by Crippen LogP contribution is -2.46. The summed E-state index contributed by atoms with van der Waals surface area (Å²) in [5.41, 5.74) is 1.37. The Labute approximate surface area is 221 Å². The average molecular weight is 528 g/mol. The van der Waals surface area contributed by atoms with E-state index >= 15 is 0 Å². The summed E-state index contributed by atoms with van der Waals surface area (Å²) in [6.07, 6.45) is 4.75. The van der Waals surface area contributed by atoms with Crippen molar-refractivity contribution in [3.05, 3.63) is 68.9 Å². The fourth-order valence-corrected chi connectivity index (χ4v) is 5.36. The van der Waals surface area contributed by atoms with Crippen LogP contribution in [0.15, 0.2) is 53.3 Å². The molecule has 2 fully saturated rings. The SMILES string of the molecule is O=C(C1CCC1)n1c(=O)ccc2ccc(OCCCCN3CCN(c4cccc(Cl)c4Cl)CC3)cc21. The average Bonchev–Trinajstić information content (AvgIpc) is 2.84. The van der Waals surface area contributed by atoms with Gasteiger partial charge in [-0.05, 0) is 67.9 Å².